The molecule has 2 atom stereocenters. The van der Waals surface area contributed by atoms with E-state index in [1.807, 2.05) is 30.3 Å². The standard InChI is InChI=1S/C17H23NO3/c1-14-17(8-11-20-14)13-18(10-12-21-17)9-7-16(19)15-5-3-2-4-6-15/h2-6,14H,7-13H2,1H3/t14-,17+/m0/s1. The zero-order valence-electron chi connectivity index (χ0n) is 12.6. The average molecular weight is 289 g/mol. The number of hydrogen-bond donors (Lipinski definition) is 0. The van der Waals surface area contributed by atoms with Gasteiger partial charge in [-0.15, -0.1) is 0 Å². The van der Waals surface area contributed by atoms with Gasteiger partial charge in [0.25, 0.3) is 0 Å². The van der Waals surface area contributed by atoms with Gasteiger partial charge in [-0.05, 0) is 6.92 Å². The van der Waals surface area contributed by atoms with Gasteiger partial charge in [0, 0.05) is 44.6 Å². The quantitative estimate of drug-likeness (QED) is 0.796. The fourth-order valence-corrected chi connectivity index (χ4v) is 3.26. The van der Waals surface area contributed by atoms with Crippen molar-refractivity contribution in [3.05, 3.63) is 35.9 Å². The molecule has 0 N–H and O–H groups in total. The fourth-order valence-electron chi connectivity index (χ4n) is 3.26. The summed E-state index contributed by atoms with van der Waals surface area (Å²) in [7, 11) is 0. The Balaban J connectivity index is 1.55. The molecule has 114 valence electrons. The lowest BCUT2D eigenvalue weighted by Gasteiger charge is -2.42. The Morgan fingerprint density at radius 1 is 1.33 bits per heavy atom. The Hall–Kier alpha value is -1.23. The predicted octanol–water partition coefficient (Wildman–Crippen LogP) is 2.14. The van der Waals surface area contributed by atoms with Crippen LogP contribution >= 0.6 is 0 Å². The highest BCUT2D eigenvalue weighted by Gasteiger charge is 2.45. The van der Waals surface area contributed by atoms with Crippen LogP contribution in [0.25, 0.3) is 0 Å². The molecule has 2 saturated heterocycles. The maximum absolute atomic E-state index is 12.2. The third kappa shape index (κ3) is 3.18. The van der Waals surface area contributed by atoms with Crippen molar-refractivity contribution in [2.75, 3.05) is 32.8 Å². The monoisotopic (exact) mass is 289 g/mol. The Bertz CT molecular complexity index is 490. The van der Waals surface area contributed by atoms with E-state index in [1.165, 1.54) is 0 Å². The number of carbonyl (C=O) groups excluding carboxylic acids is 1. The van der Waals surface area contributed by atoms with Crippen molar-refractivity contribution in [1.82, 2.24) is 4.90 Å². The molecule has 0 aliphatic carbocycles. The highest BCUT2D eigenvalue weighted by atomic mass is 16.6. The maximum atomic E-state index is 12.2. The van der Waals surface area contributed by atoms with Crippen molar-refractivity contribution in [3.63, 3.8) is 0 Å². The van der Waals surface area contributed by atoms with E-state index < -0.39 is 0 Å². The van der Waals surface area contributed by atoms with Crippen LogP contribution in [0.2, 0.25) is 0 Å². The highest BCUT2D eigenvalue weighted by molar-refractivity contribution is 5.96. The van der Waals surface area contributed by atoms with Crippen LogP contribution in [0.4, 0.5) is 0 Å². The predicted molar refractivity (Wildman–Crippen MR) is 80.5 cm³/mol. The largest absolute Gasteiger partial charge is 0.375 e. The zero-order chi connectivity index (χ0) is 14.7. The molecule has 1 aromatic rings. The molecule has 3 rings (SSSR count). The molecule has 2 fully saturated rings. The molecule has 0 unspecified atom stereocenters. The number of ether oxygens (including phenoxy) is 2. The van der Waals surface area contributed by atoms with E-state index in [-0.39, 0.29) is 17.5 Å². The second-order valence-corrected chi connectivity index (χ2v) is 5.99. The minimum atomic E-state index is -0.159. The first-order chi connectivity index (χ1) is 10.2. The summed E-state index contributed by atoms with van der Waals surface area (Å²) in [5.41, 5.74) is 0.645. The van der Waals surface area contributed by atoms with Gasteiger partial charge >= 0.3 is 0 Å². The summed E-state index contributed by atoms with van der Waals surface area (Å²) in [6.45, 7) is 6.16. The number of carbonyl (C=O) groups is 1. The molecule has 1 spiro atoms. The summed E-state index contributed by atoms with van der Waals surface area (Å²) < 4.78 is 11.7. The molecule has 1 aromatic carbocycles. The molecule has 4 nitrogen and oxygen atoms in total. The first-order valence-corrected chi connectivity index (χ1v) is 7.76. The highest BCUT2D eigenvalue weighted by Crippen LogP contribution is 2.33. The van der Waals surface area contributed by atoms with E-state index in [0.717, 1.165) is 44.8 Å². The molecule has 2 aliphatic heterocycles. The molecule has 0 saturated carbocycles. The number of ketones is 1. The molecule has 2 aliphatic rings. The Morgan fingerprint density at radius 2 is 2.14 bits per heavy atom. The van der Waals surface area contributed by atoms with Crippen LogP contribution < -0.4 is 0 Å². The lowest BCUT2D eigenvalue weighted by Crippen LogP contribution is -2.55. The molecule has 2 heterocycles. The summed E-state index contributed by atoms with van der Waals surface area (Å²) in [4.78, 5) is 14.5. The number of morpholine rings is 1. The van der Waals surface area contributed by atoms with Crippen LogP contribution in [0.3, 0.4) is 0 Å². The third-order valence-electron chi connectivity index (χ3n) is 4.67. The van der Waals surface area contributed by atoms with Gasteiger partial charge in [0.1, 0.15) is 5.60 Å². The van der Waals surface area contributed by atoms with Crippen LogP contribution in [0.5, 0.6) is 0 Å². The summed E-state index contributed by atoms with van der Waals surface area (Å²) in [6.07, 6.45) is 1.66. The van der Waals surface area contributed by atoms with Crippen LogP contribution in [-0.2, 0) is 9.47 Å². The summed E-state index contributed by atoms with van der Waals surface area (Å²) in [6, 6.07) is 9.53. The second kappa shape index (κ2) is 6.26. The maximum Gasteiger partial charge on any atom is 0.164 e. The first kappa shape index (κ1) is 14.7. The number of rotatable bonds is 4. The Labute approximate surface area is 126 Å². The zero-order valence-corrected chi connectivity index (χ0v) is 12.6. The number of nitrogens with zero attached hydrogens (tertiary/aromatic N) is 1. The van der Waals surface area contributed by atoms with Crippen LogP contribution in [0, 0.1) is 0 Å². The van der Waals surface area contributed by atoms with Crippen molar-refractivity contribution < 1.29 is 14.3 Å². The van der Waals surface area contributed by atoms with Crippen LogP contribution in [-0.4, -0.2) is 55.2 Å². The van der Waals surface area contributed by atoms with Gasteiger partial charge in [-0.3, -0.25) is 9.69 Å². The van der Waals surface area contributed by atoms with Gasteiger partial charge in [-0.2, -0.15) is 0 Å². The summed E-state index contributed by atoms with van der Waals surface area (Å²) in [5.74, 6) is 0.215. The van der Waals surface area contributed by atoms with Gasteiger partial charge in [-0.1, -0.05) is 30.3 Å². The van der Waals surface area contributed by atoms with Gasteiger partial charge in [0.2, 0.25) is 0 Å². The van der Waals surface area contributed by atoms with E-state index in [2.05, 4.69) is 11.8 Å². The number of hydrogen-bond acceptors (Lipinski definition) is 4. The van der Waals surface area contributed by atoms with Crippen molar-refractivity contribution in [1.29, 1.82) is 0 Å². The molecular formula is C17H23NO3. The molecule has 0 amide bonds. The molecule has 4 heteroatoms. The van der Waals surface area contributed by atoms with E-state index in [4.69, 9.17) is 9.47 Å². The lowest BCUT2D eigenvalue weighted by atomic mass is 9.94. The Kier molecular flexibility index (Phi) is 4.38. The SMILES string of the molecule is C[C@@H]1OCC[C@@]12CN(CCC(=O)c1ccccc1)CCO2. The first-order valence-electron chi connectivity index (χ1n) is 7.76. The second-order valence-electron chi connectivity index (χ2n) is 5.99. The smallest absolute Gasteiger partial charge is 0.164 e. The van der Waals surface area contributed by atoms with Gasteiger partial charge in [0.05, 0.1) is 12.7 Å². The molecule has 0 bridgehead atoms. The van der Waals surface area contributed by atoms with E-state index in [1.54, 1.807) is 0 Å². The topological polar surface area (TPSA) is 38.8 Å². The van der Waals surface area contributed by atoms with Crippen LogP contribution in [0.15, 0.2) is 30.3 Å². The summed E-state index contributed by atoms with van der Waals surface area (Å²) >= 11 is 0. The molecule has 0 aromatic heterocycles. The van der Waals surface area contributed by atoms with E-state index in [0.29, 0.717) is 6.42 Å². The van der Waals surface area contributed by atoms with Crippen molar-refractivity contribution in [2.45, 2.75) is 31.5 Å². The Morgan fingerprint density at radius 3 is 2.86 bits per heavy atom. The minimum absolute atomic E-state index is 0.144. The fraction of sp³-hybridized carbons (Fsp3) is 0.588. The average Bonchev–Trinajstić information content (AvgIpc) is 2.86. The normalized spacial score (nSPS) is 29.9. The van der Waals surface area contributed by atoms with Gasteiger partial charge < -0.3 is 9.47 Å². The lowest BCUT2D eigenvalue weighted by molar-refractivity contribution is -0.134. The van der Waals surface area contributed by atoms with Gasteiger partial charge in [-0.25, -0.2) is 0 Å². The van der Waals surface area contributed by atoms with Crippen LogP contribution in [0.1, 0.15) is 30.1 Å². The van der Waals surface area contributed by atoms with E-state index in [9.17, 15) is 4.79 Å². The van der Waals surface area contributed by atoms with Crippen molar-refractivity contribution >= 4 is 5.78 Å². The van der Waals surface area contributed by atoms with Gasteiger partial charge in [0.15, 0.2) is 5.78 Å². The molecule has 0 radical (unpaired) electrons. The molecule has 21 heavy (non-hydrogen) atoms. The molecular weight excluding hydrogens is 266 g/mol. The van der Waals surface area contributed by atoms with Crippen molar-refractivity contribution in [3.8, 4) is 0 Å². The number of benzene rings is 1. The summed E-state index contributed by atoms with van der Waals surface area (Å²) in [5, 5.41) is 0. The number of Topliss-reactive ketones (excluding diaryl/α,β-unsaturated/α-hetero) is 1. The van der Waals surface area contributed by atoms with E-state index >= 15 is 0 Å². The minimum Gasteiger partial charge on any atom is -0.375 e. The van der Waals surface area contributed by atoms with Crippen molar-refractivity contribution in [2.24, 2.45) is 0 Å². The third-order valence-corrected chi connectivity index (χ3v) is 4.67.